The third-order valence-electron chi connectivity index (χ3n) is 5.69. The number of hydrogen-bond donors (Lipinski definition) is 0. The van der Waals surface area contributed by atoms with Crippen molar-refractivity contribution >= 4 is 11.7 Å². The largest absolute Gasteiger partial charge is 0.493 e. The summed E-state index contributed by atoms with van der Waals surface area (Å²) in [7, 11) is 1.61. The number of carbonyl (C=O) groups excluding carboxylic acids is 1. The summed E-state index contributed by atoms with van der Waals surface area (Å²) >= 11 is 0. The second-order valence-corrected chi connectivity index (χ2v) is 7.75. The predicted octanol–water partition coefficient (Wildman–Crippen LogP) is 2.40. The number of nitrogens with zero attached hydrogens (tertiary/aromatic N) is 4. The summed E-state index contributed by atoms with van der Waals surface area (Å²) in [5, 5.41) is 8.78. The molecule has 1 saturated heterocycles. The third-order valence-corrected chi connectivity index (χ3v) is 5.69. The monoisotopic (exact) mass is 396 g/mol. The number of piperazine rings is 1. The molecule has 0 saturated carbocycles. The zero-order chi connectivity index (χ0) is 20.4. The Labute approximate surface area is 171 Å². The molecule has 0 radical (unpaired) electrons. The molecule has 29 heavy (non-hydrogen) atoms. The Morgan fingerprint density at radius 1 is 1.07 bits per heavy atom. The first-order chi connectivity index (χ1) is 14.0. The van der Waals surface area contributed by atoms with Crippen molar-refractivity contribution < 1.29 is 14.3 Å². The second kappa shape index (κ2) is 8.27. The smallest absolute Gasteiger partial charge is 0.263 e. The number of hydrogen-bond acceptors (Lipinski definition) is 6. The number of carbonyl (C=O) groups is 1. The molecule has 2 aromatic rings. The van der Waals surface area contributed by atoms with E-state index in [2.05, 4.69) is 21.2 Å². The van der Waals surface area contributed by atoms with Crippen LogP contribution >= 0.6 is 0 Å². The van der Waals surface area contributed by atoms with Crippen molar-refractivity contribution in [3.8, 4) is 11.5 Å². The number of methoxy groups -OCH3 is 1. The van der Waals surface area contributed by atoms with Gasteiger partial charge in [0.25, 0.3) is 5.91 Å². The van der Waals surface area contributed by atoms with Gasteiger partial charge in [0.2, 0.25) is 0 Å². The van der Waals surface area contributed by atoms with E-state index in [4.69, 9.17) is 9.47 Å². The molecule has 1 fully saturated rings. The van der Waals surface area contributed by atoms with E-state index >= 15 is 0 Å². The lowest BCUT2D eigenvalue weighted by molar-refractivity contribution is -0.138. The number of fused-ring (bicyclic) bond motifs is 1. The van der Waals surface area contributed by atoms with E-state index in [1.54, 1.807) is 14.0 Å². The SMILES string of the molecule is COc1cc(C)ccc1OC(C)C(=O)N1CCN(c2cc3c(nn2)CCC3)CC1. The lowest BCUT2D eigenvalue weighted by atomic mass is 10.2. The van der Waals surface area contributed by atoms with E-state index in [-0.39, 0.29) is 5.91 Å². The highest BCUT2D eigenvalue weighted by atomic mass is 16.5. The molecule has 2 aliphatic rings. The Morgan fingerprint density at radius 2 is 1.86 bits per heavy atom. The van der Waals surface area contributed by atoms with Gasteiger partial charge in [-0.1, -0.05) is 6.07 Å². The minimum Gasteiger partial charge on any atom is -0.493 e. The van der Waals surface area contributed by atoms with E-state index in [1.165, 1.54) is 12.0 Å². The van der Waals surface area contributed by atoms with Crippen molar-refractivity contribution in [3.05, 3.63) is 41.1 Å². The van der Waals surface area contributed by atoms with Crippen LogP contribution in [0.5, 0.6) is 11.5 Å². The molecule has 1 aromatic carbocycles. The Balaban J connectivity index is 1.35. The molecule has 1 aromatic heterocycles. The van der Waals surface area contributed by atoms with Crippen molar-refractivity contribution in [1.29, 1.82) is 0 Å². The predicted molar refractivity (Wildman–Crippen MR) is 111 cm³/mol. The Morgan fingerprint density at radius 3 is 2.62 bits per heavy atom. The van der Waals surface area contributed by atoms with Gasteiger partial charge in [-0.15, -0.1) is 5.10 Å². The minimum absolute atomic E-state index is 0.00712. The summed E-state index contributed by atoms with van der Waals surface area (Å²) in [5.41, 5.74) is 3.54. The van der Waals surface area contributed by atoms with Gasteiger partial charge in [-0.2, -0.15) is 5.10 Å². The van der Waals surface area contributed by atoms with Crippen molar-refractivity contribution in [1.82, 2.24) is 15.1 Å². The van der Waals surface area contributed by atoms with Gasteiger partial charge in [0.1, 0.15) is 0 Å². The van der Waals surface area contributed by atoms with E-state index < -0.39 is 6.10 Å². The fraction of sp³-hybridized carbons (Fsp3) is 0.500. The molecular weight excluding hydrogens is 368 g/mol. The number of anilines is 1. The molecule has 154 valence electrons. The molecular formula is C22H28N4O3. The summed E-state index contributed by atoms with van der Waals surface area (Å²) in [6.45, 7) is 6.58. The number of ether oxygens (including phenoxy) is 2. The maximum atomic E-state index is 12.9. The first-order valence-corrected chi connectivity index (χ1v) is 10.3. The standard InChI is InChI=1S/C22H28N4O3/c1-15-7-8-19(20(13-15)28-3)29-16(2)22(27)26-11-9-25(10-12-26)21-14-17-5-4-6-18(17)23-24-21/h7-8,13-14,16H,4-6,9-12H2,1-3H3. The molecule has 7 nitrogen and oxygen atoms in total. The van der Waals surface area contributed by atoms with Crippen LogP contribution in [0.15, 0.2) is 24.3 Å². The van der Waals surface area contributed by atoms with Crippen LogP contribution in [0.2, 0.25) is 0 Å². The summed E-state index contributed by atoms with van der Waals surface area (Å²) in [6.07, 6.45) is 2.72. The highest BCUT2D eigenvalue weighted by molar-refractivity contribution is 5.81. The van der Waals surface area contributed by atoms with Crippen LogP contribution in [0.25, 0.3) is 0 Å². The van der Waals surface area contributed by atoms with Crippen LogP contribution in [0, 0.1) is 6.92 Å². The second-order valence-electron chi connectivity index (χ2n) is 7.75. The van der Waals surface area contributed by atoms with Crippen LogP contribution in [0.1, 0.15) is 30.2 Å². The quantitative estimate of drug-likeness (QED) is 0.773. The molecule has 1 atom stereocenters. The minimum atomic E-state index is -0.571. The molecule has 0 N–H and O–H groups in total. The summed E-state index contributed by atoms with van der Waals surface area (Å²) in [6, 6.07) is 7.87. The fourth-order valence-corrected chi connectivity index (χ4v) is 4.00. The van der Waals surface area contributed by atoms with Crippen molar-refractivity contribution in [2.75, 3.05) is 38.2 Å². The lowest BCUT2D eigenvalue weighted by Gasteiger charge is -2.36. The topological polar surface area (TPSA) is 67.8 Å². The molecule has 1 amide bonds. The fourth-order valence-electron chi connectivity index (χ4n) is 4.00. The van der Waals surface area contributed by atoms with Crippen LogP contribution in [0.4, 0.5) is 5.82 Å². The van der Waals surface area contributed by atoms with Gasteiger partial charge in [-0.05, 0) is 62.4 Å². The van der Waals surface area contributed by atoms with Crippen molar-refractivity contribution in [2.24, 2.45) is 0 Å². The van der Waals surface area contributed by atoms with E-state index in [0.717, 1.165) is 43.0 Å². The number of benzene rings is 1. The molecule has 2 heterocycles. The van der Waals surface area contributed by atoms with Gasteiger partial charge in [0.05, 0.1) is 12.8 Å². The lowest BCUT2D eigenvalue weighted by Crippen LogP contribution is -2.52. The first-order valence-electron chi connectivity index (χ1n) is 10.3. The molecule has 1 aliphatic carbocycles. The zero-order valence-corrected chi connectivity index (χ0v) is 17.4. The first kappa shape index (κ1) is 19.5. The zero-order valence-electron chi connectivity index (χ0n) is 17.4. The summed E-state index contributed by atoms with van der Waals surface area (Å²) in [4.78, 5) is 17.0. The van der Waals surface area contributed by atoms with Crippen LogP contribution in [0.3, 0.4) is 0 Å². The number of aromatic nitrogens is 2. The molecule has 0 bridgehead atoms. The summed E-state index contributed by atoms with van der Waals surface area (Å²) < 4.78 is 11.3. The van der Waals surface area contributed by atoms with Gasteiger partial charge in [0, 0.05) is 26.2 Å². The van der Waals surface area contributed by atoms with Gasteiger partial charge in [0.15, 0.2) is 23.4 Å². The Bertz CT molecular complexity index is 894. The number of amides is 1. The van der Waals surface area contributed by atoms with Gasteiger partial charge < -0.3 is 19.3 Å². The number of rotatable bonds is 5. The third kappa shape index (κ3) is 4.13. The number of aryl methyl sites for hydroxylation is 3. The highest BCUT2D eigenvalue weighted by Crippen LogP contribution is 2.29. The van der Waals surface area contributed by atoms with Crippen LogP contribution < -0.4 is 14.4 Å². The maximum Gasteiger partial charge on any atom is 0.263 e. The van der Waals surface area contributed by atoms with Crippen LogP contribution in [-0.4, -0.2) is 60.4 Å². The molecule has 0 spiro atoms. The average Bonchev–Trinajstić information content (AvgIpc) is 3.22. The van der Waals surface area contributed by atoms with Gasteiger partial charge in [-0.25, -0.2) is 0 Å². The van der Waals surface area contributed by atoms with E-state index in [0.29, 0.717) is 24.6 Å². The molecule has 1 unspecified atom stereocenters. The van der Waals surface area contributed by atoms with E-state index in [1.807, 2.05) is 30.0 Å². The maximum absolute atomic E-state index is 12.9. The van der Waals surface area contributed by atoms with Gasteiger partial charge >= 0.3 is 0 Å². The summed E-state index contributed by atoms with van der Waals surface area (Å²) in [5.74, 6) is 2.15. The van der Waals surface area contributed by atoms with E-state index in [9.17, 15) is 4.79 Å². The Hall–Kier alpha value is -2.83. The average molecular weight is 396 g/mol. The highest BCUT2D eigenvalue weighted by Gasteiger charge is 2.28. The Kier molecular flexibility index (Phi) is 5.56. The van der Waals surface area contributed by atoms with Crippen LogP contribution in [-0.2, 0) is 17.6 Å². The molecule has 4 rings (SSSR count). The molecule has 1 aliphatic heterocycles. The molecule has 7 heteroatoms. The van der Waals surface area contributed by atoms with Crippen molar-refractivity contribution in [3.63, 3.8) is 0 Å². The normalized spacial score (nSPS) is 17.1. The van der Waals surface area contributed by atoms with Crippen molar-refractivity contribution in [2.45, 2.75) is 39.2 Å². The van der Waals surface area contributed by atoms with Gasteiger partial charge in [-0.3, -0.25) is 4.79 Å².